The minimum atomic E-state index is -0.268. The van der Waals surface area contributed by atoms with Crippen LogP contribution in [-0.2, 0) is 32.3 Å². The first-order valence-corrected chi connectivity index (χ1v) is 12.1. The minimum absolute atomic E-state index is 0.207. The van der Waals surface area contributed by atoms with Crippen molar-refractivity contribution in [3.05, 3.63) is 65.9 Å². The molecule has 4 rings (SSSR count). The van der Waals surface area contributed by atoms with Crippen LogP contribution in [0, 0.1) is 0 Å². The Kier molecular flexibility index (Phi) is 6.56. The Balaban J connectivity index is 1.57. The third-order valence-corrected chi connectivity index (χ3v) is 6.46. The number of nitrogens with zero attached hydrogens (tertiary/aromatic N) is 2. The molecule has 1 N–H and O–H groups in total. The fourth-order valence-corrected chi connectivity index (χ4v) is 4.75. The molecule has 2 aromatic rings. The van der Waals surface area contributed by atoms with Crippen molar-refractivity contribution in [2.24, 2.45) is 0 Å². The van der Waals surface area contributed by atoms with E-state index in [-0.39, 0.29) is 11.5 Å². The van der Waals surface area contributed by atoms with Crippen LogP contribution in [0.1, 0.15) is 54.9 Å². The Morgan fingerprint density at radius 2 is 2.03 bits per heavy atom. The number of aryl methyl sites for hydroxylation is 1. The standard InChI is InChI=1S/C24H27N3O3.W/c1-24(2)17-18-15-21-19(16-20(18)30-24)23(28)26-10-6-3-5-9-22-25-11-13-27(22)12-7-4-8-14-29-21;/h3,5-6,10-11,13,15-16H,4,7-8,12,14,17H2,1-2H3,(H,26,28);. The second-order valence-corrected chi connectivity index (χ2v) is 9.98. The van der Waals surface area contributed by atoms with Gasteiger partial charge in [0.15, 0.2) is 0 Å². The third kappa shape index (κ3) is 5.24. The Labute approximate surface area is 193 Å². The summed E-state index contributed by atoms with van der Waals surface area (Å²) in [5.41, 5.74) is 1.32. The van der Waals surface area contributed by atoms with Crippen LogP contribution in [0.4, 0.5) is 0 Å². The molecular weight excluding hydrogens is 562 g/mol. The van der Waals surface area contributed by atoms with E-state index in [2.05, 4.69) is 28.7 Å². The molecule has 1 amide bonds. The molecule has 0 saturated carbocycles. The summed E-state index contributed by atoms with van der Waals surface area (Å²) in [4.78, 5) is 17.4. The zero-order valence-corrected chi connectivity index (χ0v) is 20.8. The first kappa shape index (κ1) is 21.8. The molecule has 162 valence electrons. The number of hydrogen-bond donors (Lipinski definition) is 1. The van der Waals surface area contributed by atoms with Gasteiger partial charge in [-0.1, -0.05) is 0 Å². The number of amides is 1. The van der Waals surface area contributed by atoms with Gasteiger partial charge < -0.3 is 0 Å². The maximum absolute atomic E-state index is 12.9. The van der Waals surface area contributed by atoms with Gasteiger partial charge in [-0.2, -0.15) is 0 Å². The van der Waals surface area contributed by atoms with Gasteiger partial charge in [0.2, 0.25) is 0 Å². The topological polar surface area (TPSA) is 65.4 Å². The summed E-state index contributed by atoms with van der Waals surface area (Å²) in [7, 11) is 0. The van der Waals surface area contributed by atoms with Crippen molar-refractivity contribution in [3.63, 3.8) is 0 Å². The molecule has 31 heavy (non-hydrogen) atoms. The van der Waals surface area contributed by atoms with Gasteiger partial charge in [-0.3, -0.25) is 0 Å². The predicted molar refractivity (Wildman–Crippen MR) is 116 cm³/mol. The van der Waals surface area contributed by atoms with Gasteiger partial charge in [-0.25, -0.2) is 0 Å². The van der Waals surface area contributed by atoms with E-state index in [4.69, 9.17) is 9.47 Å². The molecule has 0 bridgehead atoms. The Hall–Kier alpha value is -2.46. The molecule has 2 aliphatic rings. The van der Waals surface area contributed by atoms with Crippen molar-refractivity contribution < 1.29 is 33.6 Å². The summed E-state index contributed by atoms with van der Waals surface area (Å²) in [6.45, 7) is 5.62. The van der Waals surface area contributed by atoms with Crippen LogP contribution in [0.3, 0.4) is 0 Å². The van der Waals surface area contributed by atoms with Gasteiger partial charge in [-0.15, -0.1) is 0 Å². The molecular formula is C24H27N3O3W. The molecule has 1 aromatic carbocycles. The number of carbonyl (C=O) groups excluding carboxylic acids is 1. The first-order valence-electron chi connectivity index (χ1n) is 10.6. The molecule has 3 heterocycles. The van der Waals surface area contributed by atoms with Crippen LogP contribution in [0.5, 0.6) is 11.5 Å². The van der Waals surface area contributed by atoms with E-state index in [0.717, 1.165) is 53.3 Å². The van der Waals surface area contributed by atoms with Gasteiger partial charge in [0, 0.05) is 0 Å². The predicted octanol–water partition coefficient (Wildman–Crippen LogP) is 3.73. The van der Waals surface area contributed by atoms with Crippen LogP contribution >= 0.6 is 0 Å². The van der Waals surface area contributed by atoms with Gasteiger partial charge in [0.05, 0.1) is 0 Å². The fourth-order valence-electron chi connectivity index (χ4n) is 3.86. The zero-order valence-electron chi connectivity index (χ0n) is 17.9. The van der Waals surface area contributed by atoms with E-state index >= 15 is 0 Å². The van der Waals surface area contributed by atoms with Crippen LogP contribution in [0.25, 0.3) is 0 Å². The molecule has 1 aromatic heterocycles. The quantitative estimate of drug-likeness (QED) is 0.509. The van der Waals surface area contributed by atoms with E-state index in [1.165, 1.54) is 19.4 Å². The van der Waals surface area contributed by atoms with E-state index in [1.807, 2.05) is 42.8 Å². The number of fused-ring (bicyclic) bond motifs is 3. The number of benzene rings is 1. The first-order chi connectivity index (χ1) is 14.9. The second kappa shape index (κ2) is 9.35. The monoisotopic (exact) mass is 589 g/mol. The summed E-state index contributed by atoms with van der Waals surface area (Å²) >= 11 is 1.35. The van der Waals surface area contributed by atoms with Gasteiger partial charge in [0.1, 0.15) is 0 Å². The van der Waals surface area contributed by atoms with E-state index < -0.39 is 0 Å². The van der Waals surface area contributed by atoms with Crippen molar-refractivity contribution >= 4 is 9.81 Å². The molecule has 7 heteroatoms. The summed E-state index contributed by atoms with van der Waals surface area (Å²) in [6, 6.07) is 3.78. The normalized spacial score (nSPS) is 18.8. The molecule has 0 aliphatic carbocycles. The third-order valence-electron chi connectivity index (χ3n) is 5.32. The molecule has 0 atom stereocenters. The number of imidazole rings is 1. The van der Waals surface area contributed by atoms with E-state index in [1.54, 1.807) is 6.20 Å². The number of allylic oxidation sites excluding steroid dienone is 3. The number of nitrogens with one attached hydrogen (secondary N) is 1. The average molecular weight is 589 g/mol. The number of aromatic nitrogens is 2. The Bertz CT molecular complexity index is 1050. The van der Waals surface area contributed by atoms with Gasteiger partial charge in [0.25, 0.3) is 0 Å². The van der Waals surface area contributed by atoms with E-state index in [9.17, 15) is 4.79 Å². The molecule has 0 fully saturated rings. The van der Waals surface area contributed by atoms with E-state index in [0.29, 0.717) is 17.9 Å². The van der Waals surface area contributed by atoms with Crippen molar-refractivity contribution in [2.45, 2.75) is 51.7 Å². The van der Waals surface area contributed by atoms with Crippen LogP contribution in [0.15, 0.2) is 49.0 Å². The fraction of sp³-hybridized carbons (Fsp3) is 0.375. The molecule has 0 radical (unpaired) electrons. The van der Waals surface area contributed by atoms with Crippen molar-refractivity contribution in [2.75, 3.05) is 6.61 Å². The molecule has 0 spiro atoms. The average Bonchev–Trinajstić information content (AvgIpc) is 3.30. The summed E-state index contributed by atoms with van der Waals surface area (Å²) in [6.07, 6.45) is 15.1. The molecule has 0 saturated heterocycles. The van der Waals surface area contributed by atoms with Crippen molar-refractivity contribution in [3.8, 4) is 11.5 Å². The SMILES string of the molecule is CC1(C)Cc2cc3c(cc2O1)C(=O)NC=CC=C[C](=[W])c1nccn1CCCCCO3. The maximum atomic E-state index is 12.9. The van der Waals surface area contributed by atoms with Crippen LogP contribution < -0.4 is 14.8 Å². The Morgan fingerprint density at radius 1 is 1.16 bits per heavy atom. The summed E-state index contributed by atoms with van der Waals surface area (Å²) < 4.78 is 15.5. The van der Waals surface area contributed by atoms with Crippen LogP contribution in [0.2, 0.25) is 0 Å². The van der Waals surface area contributed by atoms with Crippen LogP contribution in [-0.4, -0.2) is 31.6 Å². The number of carbonyl (C=O) groups is 1. The van der Waals surface area contributed by atoms with Crippen molar-refractivity contribution in [1.29, 1.82) is 0 Å². The molecule has 0 unspecified atom stereocenters. The zero-order chi connectivity index (χ0) is 21.8. The number of ether oxygens (including phenoxy) is 2. The number of hydrogen-bond acceptors (Lipinski definition) is 4. The van der Waals surface area contributed by atoms with Gasteiger partial charge in [-0.05, 0) is 13.8 Å². The number of rotatable bonds is 0. The molecule has 6 nitrogen and oxygen atoms in total. The summed E-state index contributed by atoms with van der Waals surface area (Å²) in [5, 5.41) is 2.84. The second-order valence-electron chi connectivity index (χ2n) is 8.40. The Morgan fingerprint density at radius 3 is 2.90 bits per heavy atom. The van der Waals surface area contributed by atoms with Gasteiger partial charge >= 0.3 is 180 Å². The molecule has 2 aliphatic heterocycles. The van der Waals surface area contributed by atoms with Crippen molar-refractivity contribution in [1.82, 2.24) is 14.9 Å². The summed E-state index contributed by atoms with van der Waals surface area (Å²) in [5.74, 6) is 2.19.